The summed E-state index contributed by atoms with van der Waals surface area (Å²) in [6.45, 7) is 8.95. The standard InChI is InChI=1S/C14H28ClN5/c1-13(2)7-9(8-14(3,4)20(13)5)19-12(18)10(16)6-11(15)17/h6,9,19H,7-8,16-18H2,1-5H3/b11-6-,12-10-. The molecule has 0 aromatic rings. The van der Waals surface area contributed by atoms with E-state index in [0.717, 1.165) is 12.8 Å². The Morgan fingerprint density at radius 2 is 1.60 bits per heavy atom. The van der Waals surface area contributed by atoms with Crippen molar-refractivity contribution in [2.45, 2.75) is 57.7 Å². The third kappa shape index (κ3) is 3.96. The molecule has 0 saturated carbocycles. The van der Waals surface area contributed by atoms with Crippen LogP contribution in [-0.4, -0.2) is 29.1 Å². The van der Waals surface area contributed by atoms with E-state index < -0.39 is 0 Å². The molecule has 1 aliphatic rings. The molecule has 0 spiro atoms. The first kappa shape index (κ1) is 17.0. The summed E-state index contributed by atoms with van der Waals surface area (Å²) in [5, 5.41) is 3.42. The van der Waals surface area contributed by atoms with Gasteiger partial charge in [0.15, 0.2) is 0 Å². The first-order chi connectivity index (χ1) is 8.95. The third-order valence-electron chi connectivity index (χ3n) is 4.27. The topological polar surface area (TPSA) is 93.3 Å². The molecule has 1 heterocycles. The van der Waals surface area contributed by atoms with Gasteiger partial charge in [0.2, 0.25) is 0 Å². The Morgan fingerprint density at radius 3 is 2.00 bits per heavy atom. The lowest BCUT2D eigenvalue weighted by atomic mass is 9.77. The quantitative estimate of drug-likeness (QED) is 0.466. The zero-order valence-corrected chi connectivity index (χ0v) is 13.9. The first-order valence-electron chi connectivity index (χ1n) is 6.84. The molecule has 0 aromatic carbocycles. The summed E-state index contributed by atoms with van der Waals surface area (Å²) in [4.78, 5) is 2.41. The summed E-state index contributed by atoms with van der Waals surface area (Å²) in [6.07, 6.45) is 3.43. The SMILES string of the molecule is CN1C(C)(C)CC(N/C(N)=C(N)/C=C(\N)Cl)CC1(C)C. The number of piperidine rings is 1. The van der Waals surface area contributed by atoms with E-state index in [1.54, 1.807) is 0 Å². The molecular formula is C14H28ClN5. The molecule has 1 fully saturated rings. The van der Waals surface area contributed by atoms with Crippen LogP contribution in [-0.2, 0) is 0 Å². The maximum Gasteiger partial charge on any atom is 0.120 e. The number of rotatable bonds is 3. The van der Waals surface area contributed by atoms with Crippen molar-refractivity contribution in [3.8, 4) is 0 Å². The van der Waals surface area contributed by atoms with Crippen LogP contribution in [0.2, 0.25) is 0 Å². The zero-order valence-electron chi connectivity index (χ0n) is 13.1. The molecule has 0 aromatic heterocycles. The van der Waals surface area contributed by atoms with Crippen LogP contribution in [0.3, 0.4) is 0 Å². The monoisotopic (exact) mass is 301 g/mol. The second kappa shape index (κ2) is 5.74. The van der Waals surface area contributed by atoms with Crippen LogP contribution in [0.4, 0.5) is 0 Å². The average Bonchev–Trinajstić information content (AvgIpc) is 2.23. The molecule has 0 atom stereocenters. The lowest BCUT2D eigenvalue weighted by molar-refractivity contribution is -0.0164. The number of hydrogen-bond acceptors (Lipinski definition) is 5. The molecule has 0 radical (unpaired) electrons. The van der Waals surface area contributed by atoms with Gasteiger partial charge in [-0.25, -0.2) is 0 Å². The summed E-state index contributed by atoms with van der Waals surface area (Å²) in [5.41, 5.74) is 17.8. The Hall–Kier alpha value is -1.07. The number of nitrogens with zero attached hydrogens (tertiary/aromatic N) is 1. The van der Waals surface area contributed by atoms with E-state index >= 15 is 0 Å². The van der Waals surface area contributed by atoms with E-state index in [0.29, 0.717) is 11.5 Å². The van der Waals surface area contributed by atoms with Crippen LogP contribution >= 0.6 is 11.6 Å². The van der Waals surface area contributed by atoms with Crippen LogP contribution in [0, 0.1) is 0 Å². The molecule has 7 N–H and O–H groups in total. The second-order valence-corrected chi connectivity index (χ2v) is 7.27. The highest BCUT2D eigenvalue weighted by Crippen LogP contribution is 2.36. The van der Waals surface area contributed by atoms with Crippen molar-refractivity contribution in [3.05, 3.63) is 22.8 Å². The molecule has 5 nitrogen and oxygen atoms in total. The molecule has 0 bridgehead atoms. The number of likely N-dealkylation sites (tertiary alicyclic amines) is 1. The number of hydrogen-bond donors (Lipinski definition) is 4. The van der Waals surface area contributed by atoms with Gasteiger partial charge in [-0.2, -0.15) is 0 Å². The van der Waals surface area contributed by atoms with E-state index in [2.05, 4.69) is 45.0 Å². The summed E-state index contributed by atoms with van der Waals surface area (Å²) < 4.78 is 0. The van der Waals surface area contributed by atoms with Gasteiger partial charge in [0.25, 0.3) is 0 Å². The Labute approximate surface area is 127 Å². The molecule has 6 heteroatoms. The molecule has 20 heavy (non-hydrogen) atoms. The Kier molecular flexibility index (Phi) is 4.87. The minimum Gasteiger partial charge on any atom is -0.396 e. The van der Waals surface area contributed by atoms with Crippen molar-refractivity contribution in [2.75, 3.05) is 7.05 Å². The van der Waals surface area contributed by atoms with Gasteiger partial charge in [0.05, 0.1) is 5.70 Å². The van der Waals surface area contributed by atoms with Gasteiger partial charge < -0.3 is 22.5 Å². The van der Waals surface area contributed by atoms with Crippen molar-refractivity contribution in [1.29, 1.82) is 0 Å². The predicted molar refractivity (Wildman–Crippen MR) is 85.6 cm³/mol. The third-order valence-corrected chi connectivity index (χ3v) is 4.38. The fraction of sp³-hybridized carbons (Fsp3) is 0.714. The Balaban J connectivity index is 2.87. The smallest absolute Gasteiger partial charge is 0.120 e. The van der Waals surface area contributed by atoms with Gasteiger partial charge in [-0.3, -0.25) is 4.90 Å². The number of halogens is 1. The van der Waals surface area contributed by atoms with Crippen molar-refractivity contribution < 1.29 is 0 Å². The normalized spacial score (nSPS) is 25.2. The lowest BCUT2D eigenvalue weighted by Gasteiger charge is -2.53. The van der Waals surface area contributed by atoms with Gasteiger partial charge in [-0.1, -0.05) is 11.6 Å². The summed E-state index contributed by atoms with van der Waals surface area (Å²) in [7, 11) is 2.17. The van der Waals surface area contributed by atoms with Crippen LogP contribution in [0.25, 0.3) is 0 Å². The first-order valence-corrected chi connectivity index (χ1v) is 7.22. The van der Waals surface area contributed by atoms with E-state index in [1.165, 1.54) is 6.08 Å². The van der Waals surface area contributed by atoms with Crippen LogP contribution in [0.1, 0.15) is 40.5 Å². The molecule has 0 amide bonds. The second-order valence-electron chi connectivity index (χ2n) is 6.83. The highest BCUT2D eigenvalue weighted by Gasteiger charge is 2.43. The molecule has 1 saturated heterocycles. The maximum atomic E-state index is 5.98. The van der Waals surface area contributed by atoms with E-state index in [-0.39, 0.29) is 22.3 Å². The minimum absolute atomic E-state index is 0.0931. The van der Waals surface area contributed by atoms with Gasteiger partial charge in [0, 0.05) is 17.1 Å². The maximum absolute atomic E-state index is 5.98. The predicted octanol–water partition coefficient (Wildman–Crippen LogP) is 1.35. The van der Waals surface area contributed by atoms with E-state index in [4.69, 9.17) is 28.8 Å². The van der Waals surface area contributed by atoms with Crippen molar-refractivity contribution in [1.82, 2.24) is 10.2 Å². The summed E-state index contributed by atoms with van der Waals surface area (Å²) in [5.74, 6) is 0.426. The van der Waals surface area contributed by atoms with Gasteiger partial charge in [-0.15, -0.1) is 0 Å². The summed E-state index contributed by atoms with van der Waals surface area (Å²) >= 11 is 5.60. The fourth-order valence-electron chi connectivity index (χ4n) is 3.00. The number of allylic oxidation sites excluding steroid dienone is 1. The van der Waals surface area contributed by atoms with Gasteiger partial charge >= 0.3 is 0 Å². The fourth-order valence-corrected chi connectivity index (χ4v) is 3.12. The minimum atomic E-state index is 0.0931. The molecular weight excluding hydrogens is 274 g/mol. The lowest BCUT2D eigenvalue weighted by Crippen LogP contribution is -2.62. The van der Waals surface area contributed by atoms with Crippen molar-refractivity contribution >= 4 is 11.6 Å². The number of nitrogens with one attached hydrogen (secondary N) is 1. The van der Waals surface area contributed by atoms with Gasteiger partial charge in [0.1, 0.15) is 11.0 Å². The van der Waals surface area contributed by atoms with Crippen molar-refractivity contribution in [2.24, 2.45) is 17.2 Å². The highest BCUT2D eigenvalue weighted by molar-refractivity contribution is 6.29. The van der Waals surface area contributed by atoms with Crippen molar-refractivity contribution in [3.63, 3.8) is 0 Å². The molecule has 1 rings (SSSR count). The molecule has 116 valence electrons. The zero-order chi connectivity index (χ0) is 15.7. The highest BCUT2D eigenvalue weighted by atomic mass is 35.5. The Bertz CT molecular complexity index is 403. The van der Waals surface area contributed by atoms with Crippen LogP contribution < -0.4 is 22.5 Å². The molecule has 0 aliphatic carbocycles. The molecule has 0 unspecified atom stereocenters. The molecule has 1 aliphatic heterocycles. The van der Waals surface area contributed by atoms with E-state index in [1.807, 2.05) is 0 Å². The Morgan fingerprint density at radius 1 is 1.15 bits per heavy atom. The van der Waals surface area contributed by atoms with Gasteiger partial charge in [-0.05, 0) is 53.7 Å². The van der Waals surface area contributed by atoms with Crippen LogP contribution in [0.15, 0.2) is 22.8 Å². The largest absolute Gasteiger partial charge is 0.396 e. The number of nitrogens with two attached hydrogens (primary N) is 3. The summed E-state index contributed by atoms with van der Waals surface area (Å²) in [6, 6.07) is 0.264. The average molecular weight is 302 g/mol. The van der Waals surface area contributed by atoms with E-state index in [9.17, 15) is 0 Å². The van der Waals surface area contributed by atoms with Crippen LogP contribution in [0.5, 0.6) is 0 Å².